The fraction of sp³-hybridized carbons (Fsp3) is 0.500. The van der Waals surface area contributed by atoms with Crippen LogP contribution in [-0.2, 0) is 14.3 Å². The summed E-state index contributed by atoms with van der Waals surface area (Å²) in [5, 5.41) is 3.23. The van der Waals surface area contributed by atoms with Crippen LogP contribution in [0, 0.1) is 0 Å². The predicted molar refractivity (Wildman–Crippen MR) is 77.6 cm³/mol. The SMILES string of the molecule is COC(=O)CCCCCCC(=O)Nc1cncc(Cl)c1. The van der Waals surface area contributed by atoms with Gasteiger partial charge in [0.25, 0.3) is 0 Å². The Bertz CT molecular complexity index is 452. The first kappa shape index (κ1) is 16.4. The molecule has 1 aromatic rings. The number of carbonyl (C=O) groups is 2. The third-order valence-corrected chi connectivity index (χ3v) is 2.96. The second-order valence-corrected chi connectivity index (χ2v) is 4.87. The lowest BCUT2D eigenvalue weighted by Crippen LogP contribution is -2.11. The van der Waals surface area contributed by atoms with Gasteiger partial charge in [-0.3, -0.25) is 14.6 Å². The number of unbranched alkanes of at least 4 members (excludes halogenated alkanes) is 3. The number of pyridine rings is 1. The van der Waals surface area contributed by atoms with Crippen molar-refractivity contribution in [1.29, 1.82) is 0 Å². The Balaban J connectivity index is 2.10. The highest BCUT2D eigenvalue weighted by Crippen LogP contribution is 2.13. The van der Waals surface area contributed by atoms with Crippen molar-refractivity contribution in [3.63, 3.8) is 0 Å². The van der Waals surface area contributed by atoms with E-state index in [1.165, 1.54) is 13.3 Å². The van der Waals surface area contributed by atoms with E-state index in [1.807, 2.05) is 0 Å². The first-order valence-corrected chi connectivity index (χ1v) is 6.97. The fourth-order valence-corrected chi connectivity index (χ4v) is 1.89. The summed E-state index contributed by atoms with van der Waals surface area (Å²) in [6, 6.07) is 1.66. The van der Waals surface area contributed by atoms with E-state index in [2.05, 4.69) is 15.0 Å². The number of ether oxygens (including phenoxy) is 1. The van der Waals surface area contributed by atoms with E-state index in [1.54, 1.807) is 12.3 Å². The minimum atomic E-state index is -0.184. The summed E-state index contributed by atoms with van der Waals surface area (Å²) in [6.07, 6.45) is 7.38. The molecule has 0 aliphatic heterocycles. The smallest absolute Gasteiger partial charge is 0.305 e. The largest absolute Gasteiger partial charge is 0.469 e. The van der Waals surface area contributed by atoms with Crippen LogP contribution >= 0.6 is 11.6 Å². The molecule has 1 aromatic heterocycles. The molecule has 0 aliphatic carbocycles. The molecule has 0 fully saturated rings. The maximum Gasteiger partial charge on any atom is 0.305 e. The average Bonchev–Trinajstić information content (AvgIpc) is 2.42. The highest BCUT2D eigenvalue weighted by atomic mass is 35.5. The Morgan fingerprint density at radius 2 is 1.90 bits per heavy atom. The molecule has 0 spiro atoms. The van der Waals surface area contributed by atoms with E-state index in [4.69, 9.17) is 11.6 Å². The van der Waals surface area contributed by atoms with Crippen molar-refractivity contribution in [2.45, 2.75) is 38.5 Å². The summed E-state index contributed by atoms with van der Waals surface area (Å²) in [4.78, 5) is 26.4. The normalized spacial score (nSPS) is 10.1. The van der Waals surface area contributed by atoms with Crippen molar-refractivity contribution in [3.05, 3.63) is 23.5 Å². The lowest BCUT2D eigenvalue weighted by atomic mass is 10.1. The number of hydrogen-bond acceptors (Lipinski definition) is 4. The molecular weight excluding hydrogens is 280 g/mol. The van der Waals surface area contributed by atoms with Gasteiger partial charge in [0.2, 0.25) is 5.91 Å². The van der Waals surface area contributed by atoms with Gasteiger partial charge in [-0.15, -0.1) is 0 Å². The summed E-state index contributed by atoms with van der Waals surface area (Å²) in [6.45, 7) is 0. The fourth-order valence-electron chi connectivity index (χ4n) is 1.71. The Labute approximate surface area is 123 Å². The van der Waals surface area contributed by atoms with Crippen LogP contribution in [0.3, 0.4) is 0 Å². The summed E-state index contributed by atoms with van der Waals surface area (Å²) >= 11 is 5.78. The van der Waals surface area contributed by atoms with E-state index >= 15 is 0 Å². The van der Waals surface area contributed by atoms with Gasteiger partial charge in [-0.2, -0.15) is 0 Å². The standard InChI is InChI=1S/C14H19ClN2O3/c1-20-14(19)7-5-3-2-4-6-13(18)17-12-8-11(15)9-16-10-12/h8-10H,2-7H2,1H3,(H,17,18). The third-order valence-electron chi connectivity index (χ3n) is 2.75. The van der Waals surface area contributed by atoms with Crippen LogP contribution in [0.4, 0.5) is 5.69 Å². The van der Waals surface area contributed by atoms with Crippen LogP contribution in [0.1, 0.15) is 38.5 Å². The van der Waals surface area contributed by atoms with Gasteiger partial charge in [0.1, 0.15) is 0 Å². The monoisotopic (exact) mass is 298 g/mol. The van der Waals surface area contributed by atoms with Gasteiger partial charge in [-0.1, -0.05) is 24.4 Å². The molecule has 0 saturated carbocycles. The maximum absolute atomic E-state index is 11.7. The lowest BCUT2D eigenvalue weighted by Gasteiger charge is -2.05. The molecule has 0 unspecified atom stereocenters. The molecule has 0 radical (unpaired) electrons. The van der Waals surface area contributed by atoms with Crippen molar-refractivity contribution in [1.82, 2.24) is 4.98 Å². The van der Waals surface area contributed by atoms with Gasteiger partial charge in [0.15, 0.2) is 0 Å². The van der Waals surface area contributed by atoms with Gasteiger partial charge in [-0.25, -0.2) is 0 Å². The Kier molecular flexibility index (Phi) is 7.65. The molecule has 0 saturated heterocycles. The average molecular weight is 299 g/mol. The molecule has 1 heterocycles. The second-order valence-electron chi connectivity index (χ2n) is 4.43. The number of methoxy groups -OCH3 is 1. The minimum absolute atomic E-state index is 0.0537. The van der Waals surface area contributed by atoms with Gasteiger partial charge >= 0.3 is 5.97 Å². The lowest BCUT2D eigenvalue weighted by molar-refractivity contribution is -0.140. The molecule has 20 heavy (non-hydrogen) atoms. The number of rotatable bonds is 8. The molecular formula is C14H19ClN2O3. The highest BCUT2D eigenvalue weighted by Gasteiger charge is 2.04. The van der Waals surface area contributed by atoms with Crippen LogP contribution in [0.25, 0.3) is 0 Å². The third kappa shape index (κ3) is 7.09. The van der Waals surface area contributed by atoms with Crippen LogP contribution < -0.4 is 5.32 Å². The minimum Gasteiger partial charge on any atom is -0.469 e. The van der Waals surface area contributed by atoms with Crippen molar-refractivity contribution in [2.24, 2.45) is 0 Å². The van der Waals surface area contributed by atoms with Crippen LogP contribution in [0.5, 0.6) is 0 Å². The quantitative estimate of drug-likeness (QED) is 0.591. The number of anilines is 1. The zero-order valence-electron chi connectivity index (χ0n) is 11.5. The molecule has 0 aliphatic rings. The zero-order valence-corrected chi connectivity index (χ0v) is 12.3. The van der Waals surface area contributed by atoms with Crippen molar-refractivity contribution in [2.75, 3.05) is 12.4 Å². The molecule has 1 amide bonds. The Morgan fingerprint density at radius 1 is 1.20 bits per heavy atom. The second kappa shape index (κ2) is 9.31. The molecule has 6 heteroatoms. The van der Waals surface area contributed by atoms with Gasteiger partial charge in [-0.05, 0) is 18.9 Å². The molecule has 5 nitrogen and oxygen atoms in total. The number of amides is 1. The van der Waals surface area contributed by atoms with Gasteiger partial charge < -0.3 is 10.1 Å². The number of nitrogens with zero attached hydrogens (tertiary/aromatic N) is 1. The summed E-state index contributed by atoms with van der Waals surface area (Å²) < 4.78 is 4.55. The molecule has 0 aromatic carbocycles. The van der Waals surface area contributed by atoms with Gasteiger partial charge in [0, 0.05) is 19.0 Å². The number of esters is 1. The summed E-state index contributed by atoms with van der Waals surface area (Å²) in [5.74, 6) is -0.238. The topological polar surface area (TPSA) is 68.3 Å². The molecule has 1 rings (SSSR count). The highest BCUT2D eigenvalue weighted by molar-refractivity contribution is 6.30. The molecule has 0 bridgehead atoms. The molecule has 0 atom stereocenters. The van der Waals surface area contributed by atoms with Crippen molar-refractivity contribution < 1.29 is 14.3 Å². The van der Waals surface area contributed by atoms with E-state index < -0.39 is 0 Å². The van der Waals surface area contributed by atoms with Crippen LogP contribution in [-0.4, -0.2) is 24.0 Å². The van der Waals surface area contributed by atoms with E-state index in [0.29, 0.717) is 23.6 Å². The first-order chi connectivity index (χ1) is 9.61. The van der Waals surface area contributed by atoms with Crippen molar-refractivity contribution in [3.8, 4) is 0 Å². The zero-order chi connectivity index (χ0) is 14.8. The Hall–Kier alpha value is -1.62. The number of carbonyl (C=O) groups excluding carboxylic acids is 2. The Morgan fingerprint density at radius 3 is 2.55 bits per heavy atom. The maximum atomic E-state index is 11.7. The van der Waals surface area contributed by atoms with Gasteiger partial charge in [0.05, 0.1) is 24.0 Å². The summed E-state index contributed by atoms with van der Waals surface area (Å²) in [5.41, 5.74) is 0.605. The van der Waals surface area contributed by atoms with E-state index in [9.17, 15) is 9.59 Å². The first-order valence-electron chi connectivity index (χ1n) is 6.59. The number of nitrogens with one attached hydrogen (secondary N) is 1. The summed E-state index contributed by atoms with van der Waals surface area (Å²) in [7, 11) is 1.39. The van der Waals surface area contributed by atoms with Crippen LogP contribution in [0.2, 0.25) is 5.02 Å². The predicted octanol–water partition coefficient (Wildman–Crippen LogP) is 3.19. The van der Waals surface area contributed by atoms with E-state index in [-0.39, 0.29) is 11.9 Å². The number of aromatic nitrogens is 1. The molecule has 110 valence electrons. The number of hydrogen-bond donors (Lipinski definition) is 1. The number of halogens is 1. The van der Waals surface area contributed by atoms with Crippen LogP contribution in [0.15, 0.2) is 18.5 Å². The van der Waals surface area contributed by atoms with Crippen molar-refractivity contribution >= 4 is 29.2 Å². The molecule has 1 N–H and O–H groups in total. The van der Waals surface area contributed by atoms with E-state index in [0.717, 1.165) is 25.7 Å².